The van der Waals surface area contributed by atoms with E-state index in [0.29, 0.717) is 12.5 Å². The summed E-state index contributed by atoms with van der Waals surface area (Å²) in [5, 5.41) is 7.54. The van der Waals surface area contributed by atoms with Gasteiger partial charge in [-0.05, 0) is 44.0 Å². The molecule has 22 heavy (non-hydrogen) atoms. The van der Waals surface area contributed by atoms with Crippen LogP contribution in [0.3, 0.4) is 0 Å². The summed E-state index contributed by atoms with van der Waals surface area (Å²) in [6.07, 6.45) is 1.27. The zero-order valence-corrected chi connectivity index (χ0v) is 14.4. The normalized spacial score (nSPS) is 19.4. The molecule has 0 aromatic heterocycles. The van der Waals surface area contributed by atoms with Gasteiger partial charge in [0.15, 0.2) is 5.96 Å². The van der Waals surface area contributed by atoms with Gasteiger partial charge in [-0.1, -0.05) is 36.7 Å². The van der Waals surface area contributed by atoms with Crippen molar-refractivity contribution in [2.45, 2.75) is 26.8 Å². The molecule has 1 unspecified atom stereocenters. The zero-order chi connectivity index (χ0) is 15.8. The highest BCUT2D eigenvalue weighted by atomic mass is 35.5. The molecule has 1 saturated heterocycles. The number of hydrogen-bond donors (Lipinski definition) is 2. The molecule has 1 aromatic carbocycles. The van der Waals surface area contributed by atoms with Gasteiger partial charge in [0, 0.05) is 24.7 Å². The molecule has 0 amide bonds. The van der Waals surface area contributed by atoms with Crippen LogP contribution in [0, 0.1) is 5.92 Å². The third kappa shape index (κ3) is 5.18. The van der Waals surface area contributed by atoms with Gasteiger partial charge in [-0.25, -0.2) is 4.99 Å². The Bertz CT molecular complexity index is 489. The van der Waals surface area contributed by atoms with E-state index in [1.807, 2.05) is 24.3 Å². The van der Waals surface area contributed by atoms with Gasteiger partial charge in [-0.15, -0.1) is 0 Å². The summed E-state index contributed by atoms with van der Waals surface area (Å²) in [6, 6.07) is 7.86. The summed E-state index contributed by atoms with van der Waals surface area (Å²) < 4.78 is 0. The summed E-state index contributed by atoms with van der Waals surface area (Å²) in [4.78, 5) is 7.14. The lowest BCUT2D eigenvalue weighted by Crippen LogP contribution is -2.40. The number of rotatable bonds is 6. The number of guanidine groups is 1. The Morgan fingerprint density at radius 1 is 1.32 bits per heavy atom. The fourth-order valence-corrected chi connectivity index (χ4v) is 2.94. The molecule has 5 heteroatoms. The first kappa shape index (κ1) is 17.1. The van der Waals surface area contributed by atoms with Crippen molar-refractivity contribution < 1.29 is 0 Å². The Labute approximate surface area is 138 Å². The topological polar surface area (TPSA) is 39.7 Å². The first-order valence-corrected chi connectivity index (χ1v) is 8.58. The molecular formula is C17H27ClN4. The number of halogens is 1. The van der Waals surface area contributed by atoms with Crippen molar-refractivity contribution in [1.29, 1.82) is 0 Å². The average molecular weight is 323 g/mol. The fourth-order valence-electron chi connectivity index (χ4n) is 2.74. The molecule has 1 aromatic rings. The molecule has 2 rings (SSSR count). The van der Waals surface area contributed by atoms with E-state index in [4.69, 9.17) is 11.6 Å². The van der Waals surface area contributed by atoms with Crippen LogP contribution in [0.15, 0.2) is 29.3 Å². The Morgan fingerprint density at radius 3 is 2.82 bits per heavy atom. The molecule has 1 heterocycles. The van der Waals surface area contributed by atoms with Gasteiger partial charge in [0.05, 0.1) is 6.54 Å². The summed E-state index contributed by atoms with van der Waals surface area (Å²) in [5.74, 6) is 1.58. The Kier molecular flexibility index (Phi) is 7.00. The molecule has 1 aliphatic heterocycles. The van der Waals surface area contributed by atoms with Gasteiger partial charge < -0.3 is 15.5 Å². The molecule has 0 spiro atoms. The molecule has 122 valence electrons. The van der Waals surface area contributed by atoms with Gasteiger partial charge >= 0.3 is 0 Å². The van der Waals surface area contributed by atoms with E-state index in [0.717, 1.165) is 36.2 Å². The highest BCUT2D eigenvalue weighted by Gasteiger charge is 2.20. The van der Waals surface area contributed by atoms with Crippen molar-refractivity contribution in [2.24, 2.45) is 10.9 Å². The number of nitrogens with one attached hydrogen (secondary N) is 2. The van der Waals surface area contributed by atoms with Crippen molar-refractivity contribution in [3.63, 3.8) is 0 Å². The standard InChI is InChI=1S/C17H27ClN4/c1-3-19-17(20-11-14-9-10-22(4-2)13-14)21-12-15-7-5-6-8-16(15)18/h5-8,14H,3-4,9-13H2,1-2H3,(H2,19,20,21). The van der Waals surface area contributed by atoms with Crippen LogP contribution < -0.4 is 10.6 Å². The molecule has 0 saturated carbocycles. The molecule has 0 aliphatic carbocycles. The number of aliphatic imine (C=N–C) groups is 1. The highest BCUT2D eigenvalue weighted by molar-refractivity contribution is 6.31. The molecule has 1 atom stereocenters. The molecule has 1 aliphatic rings. The van der Waals surface area contributed by atoms with E-state index < -0.39 is 0 Å². The van der Waals surface area contributed by atoms with Crippen LogP contribution in [0.25, 0.3) is 0 Å². The first-order valence-electron chi connectivity index (χ1n) is 8.20. The van der Waals surface area contributed by atoms with Crippen molar-refractivity contribution in [3.8, 4) is 0 Å². The Hall–Kier alpha value is -1.26. The van der Waals surface area contributed by atoms with E-state index >= 15 is 0 Å². The van der Waals surface area contributed by atoms with E-state index in [2.05, 4.69) is 34.4 Å². The van der Waals surface area contributed by atoms with Crippen LogP contribution in [-0.4, -0.2) is 43.6 Å². The molecule has 1 fully saturated rings. The maximum atomic E-state index is 6.18. The summed E-state index contributed by atoms with van der Waals surface area (Å²) in [7, 11) is 0. The number of hydrogen-bond acceptors (Lipinski definition) is 2. The largest absolute Gasteiger partial charge is 0.357 e. The second kappa shape index (κ2) is 9.01. The smallest absolute Gasteiger partial charge is 0.191 e. The quantitative estimate of drug-likeness (QED) is 0.625. The molecule has 0 bridgehead atoms. The second-order valence-electron chi connectivity index (χ2n) is 5.72. The fraction of sp³-hybridized carbons (Fsp3) is 0.588. The lowest BCUT2D eigenvalue weighted by atomic mass is 10.1. The van der Waals surface area contributed by atoms with Crippen LogP contribution in [0.4, 0.5) is 0 Å². The first-order chi connectivity index (χ1) is 10.7. The number of benzene rings is 1. The van der Waals surface area contributed by atoms with E-state index in [1.165, 1.54) is 19.5 Å². The van der Waals surface area contributed by atoms with Crippen molar-refractivity contribution in [1.82, 2.24) is 15.5 Å². The number of likely N-dealkylation sites (tertiary alicyclic amines) is 1. The summed E-state index contributed by atoms with van der Waals surface area (Å²) in [6.45, 7) is 10.3. The Balaban J connectivity index is 1.86. The van der Waals surface area contributed by atoms with Crippen LogP contribution in [0.2, 0.25) is 5.02 Å². The third-order valence-corrected chi connectivity index (χ3v) is 4.45. The van der Waals surface area contributed by atoms with Crippen LogP contribution in [0.1, 0.15) is 25.8 Å². The highest BCUT2D eigenvalue weighted by Crippen LogP contribution is 2.16. The van der Waals surface area contributed by atoms with Crippen molar-refractivity contribution in [3.05, 3.63) is 34.9 Å². The maximum absolute atomic E-state index is 6.18. The maximum Gasteiger partial charge on any atom is 0.191 e. The van der Waals surface area contributed by atoms with Crippen LogP contribution >= 0.6 is 11.6 Å². The van der Waals surface area contributed by atoms with E-state index in [-0.39, 0.29) is 0 Å². The van der Waals surface area contributed by atoms with Gasteiger partial charge in [0.2, 0.25) is 0 Å². The molecule has 2 N–H and O–H groups in total. The molecule has 4 nitrogen and oxygen atoms in total. The molecule has 0 radical (unpaired) electrons. The predicted octanol–water partition coefficient (Wildman–Crippen LogP) is 2.74. The van der Waals surface area contributed by atoms with Gasteiger partial charge in [0.25, 0.3) is 0 Å². The lowest BCUT2D eigenvalue weighted by molar-refractivity contribution is 0.342. The van der Waals surface area contributed by atoms with E-state index in [9.17, 15) is 0 Å². The van der Waals surface area contributed by atoms with Crippen molar-refractivity contribution in [2.75, 3.05) is 32.7 Å². The average Bonchev–Trinajstić information content (AvgIpc) is 2.99. The van der Waals surface area contributed by atoms with Crippen LogP contribution in [0.5, 0.6) is 0 Å². The SMILES string of the molecule is CCNC(=NCc1ccccc1Cl)NCC1CCN(CC)C1. The van der Waals surface area contributed by atoms with Gasteiger partial charge in [0.1, 0.15) is 0 Å². The zero-order valence-electron chi connectivity index (χ0n) is 13.6. The molecular weight excluding hydrogens is 296 g/mol. The number of nitrogens with zero attached hydrogens (tertiary/aromatic N) is 2. The second-order valence-corrected chi connectivity index (χ2v) is 6.12. The summed E-state index contributed by atoms with van der Waals surface area (Å²) >= 11 is 6.18. The minimum absolute atomic E-state index is 0.598. The van der Waals surface area contributed by atoms with E-state index in [1.54, 1.807) is 0 Å². The monoisotopic (exact) mass is 322 g/mol. The Morgan fingerprint density at radius 2 is 2.14 bits per heavy atom. The minimum atomic E-state index is 0.598. The van der Waals surface area contributed by atoms with Crippen molar-refractivity contribution >= 4 is 17.6 Å². The lowest BCUT2D eigenvalue weighted by Gasteiger charge is -2.16. The van der Waals surface area contributed by atoms with Gasteiger partial charge in [-0.2, -0.15) is 0 Å². The summed E-state index contributed by atoms with van der Waals surface area (Å²) in [5.41, 5.74) is 1.05. The minimum Gasteiger partial charge on any atom is -0.357 e. The predicted molar refractivity (Wildman–Crippen MR) is 94.5 cm³/mol. The van der Waals surface area contributed by atoms with Crippen LogP contribution in [-0.2, 0) is 6.54 Å². The van der Waals surface area contributed by atoms with Gasteiger partial charge in [-0.3, -0.25) is 0 Å². The third-order valence-electron chi connectivity index (χ3n) is 4.08.